The number of pyridine rings is 1. The number of aromatic nitrogens is 1. The Morgan fingerprint density at radius 3 is 2.80 bits per heavy atom. The van der Waals surface area contributed by atoms with Gasteiger partial charge in [0, 0.05) is 32.9 Å². The van der Waals surface area contributed by atoms with Gasteiger partial charge in [-0.1, -0.05) is 34.1 Å². The van der Waals surface area contributed by atoms with Crippen molar-refractivity contribution in [3.63, 3.8) is 0 Å². The second-order valence-corrected chi connectivity index (χ2v) is 5.39. The van der Waals surface area contributed by atoms with E-state index in [9.17, 15) is 4.79 Å². The van der Waals surface area contributed by atoms with E-state index in [1.54, 1.807) is 30.5 Å². The number of carbonyl (C=O) groups excluding carboxylic acids is 1. The van der Waals surface area contributed by atoms with Crippen LogP contribution >= 0.6 is 15.9 Å². The summed E-state index contributed by atoms with van der Waals surface area (Å²) in [7, 11) is 0. The van der Waals surface area contributed by atoms with Crippen LogP contribution in [0.5, 0.6) is 0 Å². The van der Waals surface area contributed by atoms with Crippen LogP contribution in [0.1, 0.15) is 15.9 Å². The number of nitrogens with two attached hydrogens (primary N) is 1. The van der Waals surface area contributed by atoms with Crippen molar-refractivity contribution in [3.8, 4) is 0 Å². The molecule has 2 aromatic carbocycles. The van der Waals surface area contributed by atoms with Crippen molar-refractivity contribution in [2.24, 2.45) is 0 Å². The predicted octanol–water partition coefficient (Wildman–Crippen LogP) is 3.81. The summed E-state index contributed by atoms with van der Waals surface area (Å²) in [6, 6.07) is 14.6. The van der Waals surface area contributed by atoms with Gasteiger partial charge in [0.1, 0.15) is 0 Å². The van der Waals surface area contributed by atoms with Gasteiger partial charge in [-0.3, -0.25) is 9.78 Å². The van der Waals surface area contributed by atoms with Crippen LogP contribution < -0.4 is 5.73 Å². The molecule has 0 saturated carbocycles. The molecule has 0 atom stereocenters. The molecule has 0 spiro atoms. The number of carbonyl (C=O) groups is 1. The monoisotopic (exact) mass is 326 g/mol. The second-order valence-electron chi connectivity index (χ2n) is 4.47. The van der Waals surface area contributed by atoms with Gasteiger partial charge < -0.3 is 5.73 Å². The summed E-state index contributed by atoms with van der Waals surface area (Å²) in [5.74, 6) is -0.101. The molecule has 0 bridgehead atoms. The molecule has 0 radical (unpaired) electrons. The lowest BCUT2D eigenvalue weighted by atomic mass is 10.0. The zero-order chi connectivity index (χ0) is 14.1. The van der Waals surface area contributed by atoms with Crippen molar-refractivity contribution in [2.75, 3.05) is 5.73 Å². The summed E-state index contributed by atoms with van der Waals surface area (Å²) >= 11 is 3.36. The Labute approximate surface area is 124 Å². The third-order valence-corrected chi connectivity index (χ3v) is 3.62. The van der Waals surface area contributed by atoms with Gasteiger partial charge in [-0.2, -0.15) is 0 Å². The molecule has 3 nitrogen and oxygen atoms in total. The summed E-state index contributed by atoms with van der Waals surface area (Å²) < 4.78 is 0.828. The highest BCUT2D eigenvalue weighted by atomic mass is 79.9. The Morgan fingerprint density at radius 2 is 1.95 bits per heavy atom. The molecule has 1 heterocycles. The first kappa shape index (κ1) is 12.8. The van der Waals surface area contributed by atoms with Crippen LogP contribution in [0.3, 0.4) is 0 Å². The predicted molar refractivity (Wildman–Crippen MR) is 83.7 cm³/mol. The van der Waals surface area contributed by atoms with Crippen LogP contribution in [0, 0.1) is 0 Å². The maximum Gasteiger partial charge on any atom is 0.195 e. The molecule has 1 aromatic heterocycles. The van der Waals surface area contributed by atoms with E-state index < -0.39 is 0 Å². The smallest absolute Gasteiger partial charge is 0.195 e. The third-order valence-electron chi connectivity index (χ3n) is 3.13. The van der Waals surface area contributed by atoms with Crippen LogP contribution in [0.2, 0.25) is 0 Å². The molecule has 0 unspecified atom stereocenters. The Balaban J connectivity index is 2.10. The normalized spacial score (nSPS) is 10.7. The van der Waals surface area contributed by atoms with E-state index in [0.29, 0.717) is 16.8 Å². The molecule has 20 heavy (non-hydrogen) atoms. The van der Waals surface area contributed by atoms with Crippen LogP contribution in [-0.4, -0.2) is 10.8 Å². The first-order valence-corrected chi connectivity index (χ1v) is 6.89. The number of hydrogen-bond donors (Lipinski definition) is 1. The summed E-state index contributed by atoms with van der Waals surface area (Å²) in [6.07, 6.45) is 1.71. The molecule has 0 amide bonds. The van der Waals surface area contributed by atoms with E-state index in [0.717, 1.165) is 15.4 Å². The maximum absolute atomic E-state index is 12.5. The number of ketones is 1. The zero-order valence-electron chi connectivity index (χ0n) is 10.5. The molecule has 3 aromatic rings. The standard InChI is InChI=1S/C16H11BrN2O/c17-12-5-6-14(18)13(9-12)16(20)11-4-3-10-2-1-7-19-15(10)8-11/h1-9H,18H2. The number of halogens is 1. The SMILES string of the molecule is Nc1ccc(Br)cc1C(=O)c1ccc2cccnc2c1. The van der Waals surface area contributed by atoms with Crippen molar-refractivity contribution >= 4 is 38.3 Å². The maximum atomic E-state index is 12.5. The number of benzene rings is 2. The van der Waals surface area contributed by atoms with E-state index in [2.05, 4.69) is 20.9 Å². The summed E-state index contributed by atoms with van der Waals surface area (Å²) in [6.45, 7) is 0. The van der Waals surface area contributed by atoms with E-state index in [1.807, 2.05) is 24.3 Å². The van der Waals surface area contributed by atoms with Gasteiger partial charge in [0.05, 0.1) is 5.52 Å². The molecule has 4 heteroatoms. The highest BCUT2D eigenvalue weighted by Gasteiger charge is 2.13. The quantitative estimate of drug-likeness (QED) is 0.575. The number of anilines is 1. The lowest BCUT2D eigenvalue weighted by Crippen LogP contribution is -2.05. The fourth-order valence-corrected chi connectivity index (χ4v) is 2.45. The molecule has 0 fully saturated rings. The highest BCUT2D eigenvalue weighted by Crippen LogP contribution is 2.23. The van der Waals surface area contributed by atoms with Crippen LogP contribution in [0.25, 0.3) is 10.9 Å². The number of nitrogens with zero attached hydrogens (tertiary/aromatic N) is 1. The third kappa shape index (κ3) is 2.30. The topological polar surface area (TPSA) is 56.0 Å². The van der Waals surface area contributed by atoms with Crippen molar-refractivity contribution < 1.29 is 4.79 Å². The molecule has 0 aliphatic heterocycles. The van der Waals surface area contributed by atoms with Crippen LogP contribution in [-0.2, 0) is 0 Å². The minimum Gasteiger partial charge on any atom is -0.398 e. The minimum absolute atomic E-state index is 0.101. The first-order chi connectivity index (χ1) is 9.65. The molecule has 0 aliphatic rings. The number of fused-ring (bicyclic) bond motifs is 1. The number of hydrogen-bond acceptors (Lipinski definition) is 3. The second kappa shape index (κ2) is 5.06. The minimum atomic E-state index is -0.101. The van der Waals surface area contributed by atoms with Gasteiger partial charge in [-0.05, 0) is 30.3 Å². The Morgan fingerprint density at radius 1 is 1.10 bits per heavy atom. The molecule has 0 aliphatic carbocycles. The van der Waals surface area contributed by atoms with Crippen molar-refractivity contribution in [1.82, 2.24) is 4.98 Å². The van der Waals surface area contributed by atoms with E-state index in [1.165, 1.54) is 0 Å². The Kier molecular flexibility index (Phi) is 3.24. The number of nitrogen functional groups attached to an aromatic ring is 1. The Hall–Kier alpha value is -2.20. The van der Waals surface area contributed by atoms with E-state index >= 15 is 0 Å². The lowest BCUT2D eigenvalue weighted by molar-refractivity contribution is 0.103. The van der Waals surface area contributed by atoms with Crippen molar-refractivity contribution in [2.45, 2.75) is 0 Å². The first-order valence-electron chi connectivity index (χ1n) is 6.09. The number of rotatable bonds is 2. The average molecular weight is 327 g/mol. The van der Waals surface area contributed by atoms with Crippen LogP contribution in [0.4, 0.5) is 5.69 Å². The summed E-state index contributed by atoms with van der Waals surface area (Å²) in [5.41, 5.74) is 8.23. The van der Waals surface area contributed by atoms with Gasteiger partial charge >= 0.3 is 0 Å². The van der Waals surface area contributed by atoms with Gasteiger partial charge in [0.15, 0.2) is 5.78 Å². The fraction of sp³-hybridized carbons (Fsp3) is 0. The molecule has 2 N–H and O–H groups in total. The van der Waals surface area contributed by atoms with Crippen molar-refractivity contribution in [1.29, 1.82) is 0 Å². The van der Waals surface area contributed by atoms with Crippen molar-refractivity contribution in [3.05, 3.63) is 70.3 Å². The van der Waals surface area contributed by atoms with Gasteiger partial charge in [0.2, 0.25) is 0 Å². The molecular weight excluding hydrogens is 316 g/mol. The van der Waals surface area contributed by atoms with E-state index in [4.69, 9.17) is 5.73 Å². The highest BCUT2D eigenvalue weighted by molar-refractivity contribution is 9.10. The molecular formula is C16H11BrN2O. The fourth-order valence-electron chi connectivity index (χ4n) is 2.09. The summed E-state index contributed by atoms with van der Waals surface area (Å²) in [4.78, 5) is 16.8. The lowest BCUT2D eigenvalue weighted by Gasteiger charge is -2.06. The molecule has 0 saturated heterocycles. The van der Waals surface area contributed by atoms with Gasteiger partial charge in [-0.15, -0.1) is 0 Å². The molecule has 3 rings (SSSR count). The van der Waals surface area contributed by atoms with Gasteiger partial charge in [-0.25, -0.2) is 0 Å². The van der Waals surface area contributed by atoms with Crippen LogP contribution in [0.15, 0.2) is 59.2 Å². The van der Waals surface area contributed by atoms with Gasteiger partial charge in [0.25, 0.3) is 0 Å². The largest absolute Gasteiger partial charge is 0.398 e. The summed E-state index contributed by atoms with van der Waals surface area (Å²) in [5, 5.41) is 1.01. The zero-order valence-corrected chi connectivity index (χ0v) is 12.1. The Bertz CT molecular complexity index is 814. The average Bonchev–Trinajstić information content (AvgIpc) is 2.48. The molecule has 98 valence electrons. The van der Waals surface area contributed by atoms with E-state index in [-0.39, 0.29) is 5.78 Å².